The highest BCUT2D eigenvalue weighted by atomic mass is 79.9. The lowest BCUT2D eigenvalue weighted by atomic mass is 10.0. The molecule has 0 fully saturated rings. The van der Waals surface area contributed by atoms with Gasteiger partial charge in [0, 0.05) is 0 Å². The predicted molar refractivity (Wildman–Crippen MR) is 89.2 cm³/mol. The summed E-state index contributed by atoms with van der Waals surface area (Å²) in [5.74, 6) is 1.66. The summed E-state index contributed by atoms with van der Waals surface area (Å²) < 4.78 is 12.2. The Morgan fingerprint density at radius 2 is 2.10 bits per heavy atom. The quantitative estimate of drug-likeness (QED) is 0.727. The molecule has 1 heterocycles. The monoisotopic (exact) mass is 371 g/mol. The number of hydrogen-bond acceptors (Lipinski definition) is 3. The molecule has 1 atom stereocenters. The number of nitrogens with one attached hydrogen (secondary N) is 1. The van der Waals surface area contributed by atoms with Crippen LogP contribution in [0.25, 0.3) is 0 Å². The van der Waals surface area contributed by atoms with E-state index < -0.39 is 0 Å². The molecule has 3 nitrogen and oxygen atoms in total. The fourth-order valence-electron chi connectivity index (χ4n) is 2.10. The number of hydrogen-bond donors (Lipinski definition) is 1. The molecule has 5 heteroatoms. The highest BCUT2D eigenvalue weighted by molar-refractivity contribution is 9.10. The van der Waals surface area contributed by atoms with Crippen molar-refractivity contribution >= 4 is 27.5 Å². The minimum Gasteiger partial charge on any atom is -0.492 e. The van der Waals surface area contributed by atoms with Gasteiger partial charge in [-0.05, 0) is 70.3 Å². The molecule has 1 aromatic carbocycles. The molecule has 0 saturated heterocycles. The molecule has 0 saturated carbocycles. The number of rotatable bonds is 7. The summed E-state index contributed by atoms with van der Waals surface area (Å²) in [5.41, 5.74) is 1.10. The van der Waals surface area contributed by atoms with E-state index in [1.807, 2.05) is 18.2 Å². The molecular weight excluding hydrogens is 354 g/mol. The second kappa shape index (κ2) is 7.87. The summed E-state index contributed by atoms with van der Waals surface area (Å²) >= 11 is 9.45. The summed E-state index contributed by atoms with van der Waals surface area (Å²) in [4.78, 5) is 0. The van der Waals surface area contributed by atoms with Crippen molar-refractivity contribution in [3.63, 3.8) is 0 Å². The second-order valence-corrected chi connectivity index (χ2v) is 5.90. The molecule has 0 spiro atoms. The molecule has 1 aromatic heterocycles. The molecule has 2 rings (SSSR count). The third kappa shape index (κ3) is 4.25. The van der Waals surface area contributed by atoms with Crippen LogP contribution in [-0.4, -0.2) is 13.2 Å². The molecule has 0 aliphatic heterocycles. The molecule has 2 aromatic rings. The molecule has 0 radical (unpaired) electrons. The normalized spacial score (nSPS) is 12.4. The van der Waals surface area contributed by atoms with E-state index >= 15 is 0 Å². The van der Waals surface area contributed by atoms with Crippen LogP contribution in [-0.2, 0) is 0 Å². The number of halogens is 2. The van der Waals surface area contributed by atoms with E-state index in [1.54, 1.807) is 6.07 Å². The maximum atomic E-state index is 5.88. The third-order valence-corrected chi connectivity index (χ3v) is 3.86. The number of furan rings is 1. The zero-order chi connectivity index (χ0) is 15.2. The van der Waals surface area contributed by atoms with Gasteiger partial charge in [0.2, 0.25) is 0 Å². The Balaban J connectivity index is 2.26. The van der Waals surface area contributed by atoms with Crippen molar-refractivity contribution in [3.8, 4) is 5.75 Å². The molecule has 21 heavy (non-hydrogen) atoms. The van der Waals surface area contributed by atoms with Gasteiger partial charge in [0.25, 0.3) is 0 Å². The van der Waals surface area contributed by atoms with Crippen molar-refractivity contribution in [2.45, 2.75) is 26.3 Å². The van der Waals surface area contributed by atoms with Crippen LogP contribution in [0.1, 0.15) is 37.6 Å². The summed E-state index contributed by atoms with van der Waals surface area (Å²) in [6.45, 7) is 5.69. The van der Waals surface area contributed by atoms with E-state index in [4.69, 9.17) is 20.8 Å². The van der Waals surface area contributed by atoms with Crippen LogP contribution in [0, 0.1) is 0 Å². The highest BCUT2D eigenvalue weighted by Crippen LogP contribution is 2.32. The van der Waals surface area contributed by atoms with Crippen LogP contribution >= 0.6 is 27.5 Å². The van der Waals surface area contributed by atoms with E-state index in [-0.39, 0.29) is 6.04 Å². The fraction of sp³-hybridized carbons (Fsp3) is 0.375. The largest absolute Gasteiger partial charge is 0.492 e. The summed E-state index contributed by atoms with van der Waals surface area (Å²) in [7, 11) is 0. The van der Waals surface area contributed by atoms with Crippen molar-refractivity contribution in [3.05, 3.63) is 51.3 Å². The Kier molecular flexibility index (Phi) is 6.15. The third-order valence-electron chi connectivity index (χ3n) is 3.04. The number of benzene rings is 1. The minimum atomic E-state index is -0.0287. The Morgan fingerprint density at radius 1 is 1.29 bits per heavy atom. The van der Waals surface area contributed by atoms with Gasteiger partial charge in [0.05, 0.1) is 17.1 Å². The average molecular weight is 373 g/mol. The summed E-state index contributed by atoms with van der Waals surface area (Å²) in [6.07, 6.45) is 0.985. The Morgan fingerprint density at radius 3 is 2.67 bits per heavy atom. The van der Waals surface area contributed by atoms with E-state index in [1.165, 1.54) is 0 Å². The summed E-state index contributed by atoms with van der Waals surface area (Å²) in [6, 6.07) is 9.69. The van der Waals surface area contributed by atoms with Gasteiger partial charge in [-0.25, -0.2) is 0 Å². The number of ether oxygens (including phenoxy) is 1. The average Bonchev–Trinajstić information content (AvgIpc) is 2.90. The first-order valence-electron chi connectivity index (χ1n) is 7.06. The first-order chi connectivity index (χ1) is 10.2. The maximum Gasteiger partial charge on any atom is 0.193 e. The van der Waals surface area contributed by atoms with Crippen LogP contribution in [0.2, 0.25) is 5.22 Å². The van der Waals surface area contributed by atoms with Gasteiger partial charge in [-0.3, -0.25) is 0 Å². The fourth-order valence-corrected chi connectivity index (χ4v) is 2.76. The van der Waals surface area contributed by atoms with Gasteiger partial charge >= 0.3 is 0 Å². The Hall–Kier alpha value is -0.970. The van der Waals surface area contributed by atoms with Gasteiger partial charge in [-0.1, -0.05) is 19.9 Å². The SMILES string of the molecule is CCCOc1ccc(C(NCC)c2ccc(Cl)o2)cc1Br. The van der Waals surface area contributed by atoms with E-state index in [0.717, 1.165) is 34.5 Å². The highest BCUT2D eigenvalue weighted by Gasteiger charge is 2.18. The smallest absolute Gasteiger partial charge is 0.193 e. The first-order valence-corrected chi connectivity index (χ1v) is 8.23. The zero-order valence-corrected chi connectivity index (χ0v) is 14.5. The van der Waals surface area contributed by atoms with Crippen molar-refractivity contribution in [1.29, 1.82) is 0 Å². The van der Waals surface area contributed by atoms with E-state index in [9.17, 15) is 0 Å². The Labute approximate surface area is 138 Å². The maximum absolute atomic E-state index is 5.88. The van der Waals surface area contributed by atoms with Gasteiger partial charge in [-0.2, -0.15) is 0 Å². The van der Waals surface area contributed by atoms with Crippen molar-refractivity contribution in [2.75, 3.05) is 13.2 Å². The molecule has 1 N–H and O–H groups in total. The van der Waals surface area contributed by atoms with Gasteiger partial charge in [0.1, 0.15) is 11.5 Å². The molecular formula is C16H19BrClNO2. The first kappa shape index (κ1) is 16.4. The minimum absolute atomic E-state index is 0.0287. The molecule has 0 aliphatic rings. The molecule has 0 aliphatic carbocycles. The molecule has 114 valence electrons. The molecule has 0 amide bonds. The van der Waals surface area contributed by atoms with Crippen LogP contribution in [0.3, 0.4) is 0 Å². The molecule has 0 bridgehead atoms. The standard InChI is InChI=1S/C16H19BrClNO2/c1-3-9-20-13-6-5-11(10-12(13)17)16(19-4-2)14-7-8-15(18)21-14/h5-8,10,16,19H,3-4,9H2,1-2H3. The molecule has 1 unspecified atom stereocenters. The summed E-state index contributed by atoms with van der Waals surface area (Å²) in [5, 5.41) is 3.80. The van der Waals surface area contributed by atoms with Crippen LogP contribution in [0.4, 0.5) is 0 Å². The lowest BCUT2D eigenvalue weighted by Crippen LogP contribution is -2.21. The van der Waals surface area contributed by atoms with Crippen LogP contribution in [0.5, 0.6) is 5.75 Å². The van der Waals surface area contributed by atoms with Gasteiger partial charge < -0.3 is 14.5 Å². The lowest BCUT2D eigenvalue weighted by Gasteiger charge is -2.17. The second-order valence-electron chi connectivity index (χ2n) is 4.67. The lowest BCUT2D eigenvalue weighted by molar-refractivity contribution is 0.315. The predicted octanol–water partition coefficient (Wildman–Crippen LogP) is 5.18. The van der Waals surface area contributed by atoms with E-state index in [0.29, 0.717) is 11.8 Å². The van der Waals surface area contributed by atoms with Gasteiger partial charge in [-0.15, -0.1) is 0 Å². The van der Waals surface area contributed by atoms with Crippen LogP contribution in [0.15, 0.2) is 39.2 Å². The van der Waals surface area contributed by atoms with E-state index in [2.05, 4.69) is 41.2 Å². The van der Waals surface area contributed by atoms with Crippen molar-refractivity contribution < 1.29 is 9.15 Å². The van der Waals surface area contributed by atoms with Crippen molar-refractivity contribution in [2.24, 2.45) is 0 Å². The Bertz CT molecular complexity index is 585. The topological polar surface area (TPSA) is 34.4 Å². The van der Waals surface area contributed by atoms with Crippen LogP contribution < -0.4 is 10.1 Å². The van der Waals surface area contributed by atoms with Gasteiger partial charge in [0.15, 0.2) is 5.22 Å². The van der Waals surface area contributed by atoms with Crippen molar-refractivity contribution in [1.82, 2.24) is 5.32 Å². The zero-order valence-electron chi connectivity index (χ0n) is 12.2.